The third-order valence-electron chi connectivity index (χ3n) is 5.28. The highest BCUT2D eigenvalue weighted by Gasteiger charge is 2.11. The van der Waals surface area contributed by atoms with Gasteiger partial charge in [-0.2, -0.15) is 0 Å². The van der Waals surface area contributed by atoms with Crippen LogP contribution in [0, 0.1) is 17.7 Å². The van der Waals surface area contributed by atoms with Crippen molar-refractivity contribution in [3.05, 3.63) is 119 Å². The van der Waals surface area contributed by atoms with Crippen molar-refractivity contribution < 1.29 is 14.0 Å². The molecule has 1 aromatic heterocycles. The SMILES string of the molecule is Nc1cccc(C(=O)Nc2ccc(NC(=O)NCCc3cccnc3)cc2C#Cc2ccc(F)cc2)c1. The van der Waals surface area contributed by atoms with Crippen molar-refractivity contribution in [2.75, 3.05) is 22.9 Å². The predicted octanol–water partition coefficient (Wildman–Crippen LogP) is 4.82. The van der Waals surface area contributed by atoms with Gasteiger partial charge in [0.25, 0.3) is 5.91 Å². The molecule has 1 heterocycles. The molecule has 0 spiro atoms. The number of hydrogen-bond donors (Lipinski definition) is 4. The number of nitrogens with one attached hydrogen (secondary N) is 3. The van der Waals surface area contributed by atoms with Crippen molar-refractivity contribution in [1.82, 2.24) is 10.3 Å². The highest BCUT2D eigenvalue weighted by molar-refractivity contribution is 6.05. The second-order valence-corrected chi connectivity index (χ2v) is 8.09. The van der Waals surface area contributed by atoms with E-state index in [4.69, 9.17) is 5.73 Å². The van der Waals surface area contributed by atoms with Gasteiger partial charge < -0.3 is 21.7 Å². The number of anilines is 3. The number of rotatable bonds is 6. The van der Waals surface area contributed by atoms with Crippen LogP contribution in [0.5, 0.6) is 0 Å². The van der Waals surface area contributed by atoms with Gasteiger partial charge in [0.15, 0.2) is 0 Å². The molecule has 8 heteroatoms. The number of benzene rings is 3. The van der Waals surface area contributed by atoms with Crippen LogP contribution in [-0.4, -0.2) is 23.5 Å². The van der Waals surface area contributed by atoms with Gasteiger partial charge in [0, 0.05) is 41.4 Å². The molecule has 0 atom stereocenters. The van der Waals surface area contributed by atoms with Gasteiger partial charge in [0.2, 0.25) is 0 Å². The zero-order chi connectivity index (χ0) is 26.0. The van der Waals surface area contributed by atoms with E-state index in [1.807, 2.05) is 12.1 Å². The first-order valence-electron chi connectivity index (χ1n) is 11.5. The summed E-state index contributed by atoms with van der Waals surface area (Å²) < 4.78 is 13.3. The topological polar surface area (TPSA) is 109 Å². The third-order valence-corrected chi connectivity index (χ3v) is 5.28. The molecule has 0 radical (unpaired) electrons. The first-order chi connectivity index (χ1) is 18.0. The van der Waals surface area contributed by atoms with E-state index in [2.05, 4.69) is 32.8 Å². The van der Waals surface area contributed by atoms with Gasteiger partial charge in [0.05, 0.1) is 11.3 Å². The van der Waals surface area contributed by atoms with E-state index in [0.29, 0.717) is 46.7 Å². The molecule has 0 aliphatic heterocycles. The van der Waals surface area contributed by atoms with Crippen molar-refractivity contribution in [2.45, 2.75) is 6.42 Å². The monoisotopic (exact) mass is 493 g/mol. The summed E-state index contributed by atoms with van der Waals surface area (Å²) in [6.07, 6.45) is 4.09. The fourth-order valence-corrected chi connectivity index (χ4v) is 3.42. The van der Waals surface area contributed by atoms with Crippen LogP contribution in [0.2, 0.25) is 0 Å². The van der Waals surface area contributed by atoms with Gasteiger partial charge in [0.1, 0.15) is 5.82 Å². The van der Waals surface area contributed by atoms with Crippen LogP contribution < -0.4 is 21.7 Å². The summed E-state index contributed by atoms with van der Waals surface area (Å²) in [6.45, 7) is 0.434. The minimum Gasteiger partial charge on any atom is -0.399 e. The number of halogens is 1. The quantitative estimate of drug-likeness (QED) is 0.228. The molecule has 0 saturated heterocycles. The zero-order valence-corrected chi connectivity index (χ0v) is 19.8. The molecule has 0 unspecified atom stereocenters. The molecule has 184 valence electrons. The lowest BCUT2D eigenvalue weighted by Crippen LogP contribution is -2.30. The van der Waals surface area contributed by atoms with E-state index < -0.39 is 0 Å². The average molecular weight is 494 g/mol. The molecule has 4 aromatic rings. The smallest absolute Gasteiger partial charge is 0.319 e. The second kappa shape index (κ2) is 12.0. The van der Waals surface area contributed by atoms with E-state index in [-0.39, 0.29) is 17.8 Å². The highest BCUT2D eigenvalue weighted by Crippen LogP contribution is 2.21. The number of nitrogen functional groups attached to an aromatic ring is 1. The number of carbonyl (C=O) groups is 2. The zero-order valence-electron chi connectivity index (χ0n) is 19.8. The van der Waals surface area contributed by atoms with Gasteiger partial charge in [-0.15, -0.1) is 0 Å². The Bertz CT molecular complexity index is 1460. The highest BCUT2D eigenvalue weighted by atomic mass is 19.1. The van der Waals surface area contributed by atoms with Gasteiger partial charge in [-0.05, 0) is 78.7 Å². The molecule has 5 N–H and O–H groups in total. The summed E-state index contributed by atoms with van der Waals surface area (Å²) in [5.74, 6) is 5.25. The Balaban J connectivity index is 1.51. The number of aromatic nitrogens is 1. The third kappa shape index (κ3) is 7.41. The van der Waals surface area contributed by atoms with Crippen LogP contribution in [0.4, 0.5) is 26.2 Å². The molecule has 0 bridgehead atoms. The van der Waals surface area contributed by atoms with Crippen LogP contribution in [0.1, 0.15) is 27.0 Å². The van der Waals surface area contributed by atoms with Crippen molar-refractivity contribution in [1.29, 1.82) is 0 Å². The van der Waals surface area contributed by atoms with Crippen molar-refractivity contribution in [2.24, 2.45) is 0 Å². The minimum absolute atomic E-state index is 0.356. The van der Waals surface area contributed by atoms with E-state index in [9.17, 15) is 14.0 Å². The van der Waals surface area contributed by atoms with Crippen LogP contribution in [-0.2, 0) is 6.42 Å². The van der Waals surface area contributed by atoms with Crippen LogP contribution in [0.15, 0.2) is 91.3 Å². The normalized spacial score (nSPS) is 10.1. The standard InChI is InChI=1S/C29H24FN5O2/c30-24-10-7-20(8-11-24)6-9-22-18-26(34-29(37)33-16-14-21-3-2-15-32-19-21)12-13-27(22)35-28(36)23-4-1-5-25(31)17-23/h1-5,7-8,10-13,15,17-19H,14,16,31H2,(H,35,36)(H2,33,34,37). The lowest BCUT2D eigenvalue weighted by Gasteiger charge is -2.12. The number of pyridine rings is 1. The van der Waals surface area contributed by atoms with Crippen molar-refractivity contribution in [3.63, 3.8) is 0 Å². The first kappa shape index (κ1) is 24.9. The molecule has 0 aliphatic rings. The van der Waals surface area contributed by atoms with Crippen LogP contribution in [0.3, 0.4) is 0 Å². The van der Waals surface area contributed by atoms with E-state index in [1.54, 1.807) is 67.0 Å². The number of nitrogens with two attached hydrogens (primary N) is 1. The lowest BCUT2D eigenvalue weighted by molar-refractivity contribution is 0.102. The predicted molar refractivity (Wildman–Crippen MR) is 143 cm³/mol. The molecule has 4 rings (SSSR count). The summed E-state index contributed by atoms with van der Waals surface area (Å²) in [7, 11) is 0. The summed E-state index contributed by atoms with van der Waals surface area (Å²) in [5, 5.41) is 8.43. The van der Waals surface area contributed by atoms with Gasteiger partial charge in [-0.25, -0.2) is 9.18 Å². The van der Waals surface area contributed by atoms with Crippen LogP contribution in [0.25, 0.3) is 0 Å². The molecule has 0 aliphatic carbocycles. The number of amides is 3. The Morgan fingerprint density at radius 1 is 0.919 bits per heavy atom. The molecule has 37 heavy (non-hydrogen) atoms. The van der Waals surface area contributed by atoms with E-state index in [1.165, 1.54) is 12.1 Å². The van der Waals surface area contributed by atoms with Gasteiger partial charge in [-0.3, -0.25) is 9.78 Å². The number of carbonyl (C=O) groups excluding carboxylic acids is 2. The molecule has 0 saturated carbocycles. The first-order valence-corrected chi connectivity index (χ1v) is 11.5. The van der Waals surface area contributed by atoms with Crippen molar-refractivity contribution in [3.8, 4) is 11.8 Å². The molecule has 3 amide bonds. The maximum Gasteiger partial charge on any atom is 0.319 e. The summed E-state index contributed by atoms with van der Waals surface area (Å²) in [4.78, 5) is 29.3. The summed E-state index contributed by atoms with van der Waals surface area (Å²) in [5.41, 5.74) is 9.68. The summed E-state index contributed by atoms with van der Waals surface area (Å²) in [6, 6.07) is 20.8. The summed E-state index contributed by atoms with van der Waals surface area (Å²) >= 11 is 0. The Labute approximate surface area is 213 Å². The lowest BCUT2D eigenvalue weighted by atomic mass is 10.1. The molecule has 7 nitrogen and oxygen atoms in total. The Kier molecular flexibility index (Phi) is 8.09. The molecule has 0 fully saturated rings. The Morgan fingerprint density at radius 2 is 1.76 bits per heavy atom. The van der Waals surface area contributed by atoms with E-state index >= 15 is 0 Å². The maximum atomic E-state index is 13.3. The number of nitrogens with zero attached hydrogens (tertiary/aromatic N) is 1. The van der Waals surface area contributed by atoms with E-state index in [0.717, 1.165) is 5.56 Å². The van der Waals surface area contributed by atoms with Gasteiger partial charge >= 0.3 is 6.03 Å². The fraction of sp³-hybridized carbons (Fsp3) is 0.0690. The average Bonchev–Trinajstić information content (AvgIpc) is 2.90. The molecular weight excluding hydrogens is 469 g/mol. The molecular formula is C29H24FN5O2. The number of hydrogen-bond acceptors (Lipinski definition) is 4. The van der Waals surface area contributed by atoms with Gasteiger partial charge in [-0.1, -0.05) is 24.0 Å². The van der Waals surface area contributed by atoms with Crippen molar-refractivity contribution >= 4 is 29.0 Å². The largest absolute Gasteiger partial charge is 0.399 e. The van der Waals surface area contributed by atoms with Crippen LogP contribution >= 0.6 is 0 Å². The Hall–Kier alpha value is -5.16. The fourth-order valence-electron chi connectivity index (χ4n) is 3.42. The second-order valence-electron chi connectivity index (χ2n) is 8.09. The number of urea groups is 1. The maximum absolute atomic E-state index is 13.3. The Morgan fingerprint density at radius 3 is 2.51 bits per heavy atom. The minimum atomic E-state index is -0.377. The molecule has 3 aromatic carbocycles.